The predicted octanol–water partition coefficient (Wildman–Crippen LogP) is 7.32. The average Bonchev–Trinajstić information content (AvgIpc) is 3.41. The molecule has 3 aromatic rings. The Labute approximate surface area is 237 Å². The van der Waals surface area contributed by atoms with Crippen molar-refractivity contribution in [1.82, 2.24) is 9.80 Å². The summed E-state index contributed by atoms with van der Waals surface area (Å²) < 4.78 is 0. The van der Waals surface area contributed by atoms with Crippen molar-refractivity contribution < 1.29 is 9.59 Å². The summed E-state index contributed by atoms with van der Waals surface area (Å²) in [6, 6.07) is 25.6. The highest BCUT2D eigenvalue weighted by Crippen LogP contribution is 2.50. The molecule has 0 radical (unpaired) electrons. The number of aliphatic imine (C=N–C) groups is 1. The minimum Gasteiger partial charge on any atom is -0.384 e. The number of ketones is 1. The number of allylic oxidation sites excluding steroid dienone is 1. The molecule has 2 aliphatic heterocycles. The first-order valence-electron chi connectivity index (χ1n) is 12.8. The number of carbonyl (C=O) groups excluding carboxylic acids is 2. The minimum atomic E-state index is -0.0770. The van der Waals surface area contributed by atoms with Crippen molar-refractivity contribution in [2.45, 2.75) is 27.3 Å². The van der Waals surface area contributed by atoms with E-state index in [1.54, 1.807) is 35.7 Å². The third-order valence-electron chi connectivity index (χ3n) is 6.60. The quantitative estimate of drug-likeness (QED) is 0.244. The fraction of sp³-hybridized carbons (Fsp3) is 0.194. The van der Waals surface area contributed by atoms with E-state index in [0.717, 1.165) is 32.4 Å². The molecule has 1 saturated heterocycles. The van der Waals surface area contributed by atoms with Crippen molar-refractivity contribution in [2.75, 3.05) is 18.9 Å². The summed E-state index contributed by atoms with van der Waals surface area (Å²) in [6.07, 6.45) is 0. The molecule has 3 aromatic carbocycles. The van der Waals surface area contributed by atoms with Crippen LogP contribution in [-0.2, 0) is 11.3 Å². The smallest absolute Gasteiger partial charge is 0.269 e. The maximum atomic E-state index is 14.0. The van der Waals surface area contributed by atoms with Crippen LogP contribution < -0.4 is 5.32 Å². The van der Waals surface area contributed by atoms with Crippen LogP contribution in [0.15, 0.2) is 99.5 Å². The lowest BCUT2D eigenvalue weighted by Gasteiger charge is -2.17. The summed E-state index contributed by atoms with van der Waals surface area (Å²) in [5.41, 5.74) is 5.28. The van der Waals surface area contributed by atoms with Crippen molar-refractivity contribution in [3.05, 3.63) is 111 Å². The van der Waals surface area contributed by atoms with Crippen molar-refractivity contribution in [3.63, 3.8) is 0 Å². The molecule has 1 fully saturated rings. The monoisotopic (exact) mass is 554 g/mol. The summed E-state index contributed by atoms with van der Waals surface area (Å²) in [5.74, 6) is -0.107. The lowest BCUT2D eigenvalue weighted by molar-refractivity contribution is -0.122. The molecule has 6 nitrogen and oxygen atoms in total. The number of hydrogen-bond donors (Lipinski definition) is 1. The summed E-state index contributed by atoms with van der Waals surface area (Å²) in [4.78, 5) is 36.8. The Morgan fingerprint density at radius 2 is 1.64 bits per heavy atom. The van der Waals surface area contributed by atoms with Crippen molar-refractivity contribution >= 4 is 56.7 Å². The normalized spacial score (nSPS) is 18.5. The van der Waals surface area contributed by atoms with Crippen LogP contribution in [0.4, 0.5) is 11.4 Å². The molecule has 0 spiro atoms. The van der Waals surface area contributed by atoms with Gasteiger partial charge in [0, 0.05) is 29.8 Å². The minimum absolute atomic E-state index is 0.0300. The molecule has 0 atom stereocenters. The van der Waals surface area contributed by atoms with Crippen molar-refractivity contribution in [3.8, 4) is 0 Å². The zero-order chi connectivity index (χ0) is 27.5. The van der Waals surface area contributed by atoms with Crippen molar-refractivity contribution in [2.24, 2.45) is 4.99 Å². The summed E-state index contributed by atoms with van der Waals surface area (Å²) in [5, 5.41) is 4.82. The van der Waals surface area contributed by atoms with Gasteiger partial charge in [-0.3, -0.25) is 14.5 Å². The van der Waals surface area contributed by atoms with Gasteiger partial charge in [0.2, 0.25) is 0 Å². The van der Waals surface area contributed by atoms with Gasteiger partial charge < -0.3 is 10.2 Å². The van der Waals surface area contributed by atoms with Gasteiger partial charge in [0.15, 0.2) is 11.0 Å². The second-order valence-corrected chi connectivity index (χ2v) is 11.2. The first-order chi connectivity index (χ1) is 18.9. The molecule has 0 unspecified atom stereocenters. The number of carbonyl (C=O) groups is 2. The van der Waals surface area contributed by atoms with Gasteiger partial charge in [-0.05, 0) is 61.9 Å². The molecule has 0 aliphatic carbocycles. The fourth-order valence-corrected chi connectivity index (χ4v) is 6.85. The third kappa shape index (κ3) is 5.53. The van der Waals surface area contributed by atoms with Crippen LogP contribution in [-0.4, -0.2) is 40.3 Å². The fourth-order valence-electron chi connectivity index (χ4n) is 4.41. The zero-order valence-corrected chi connectivity index (χ0v) is 24.0. The van der Waals surface area contributed by atoms with Crippen LogP contribution in [0.2, 0.25) is 0 Å². The molecule has 5 rings (SSSR count). The first-order valence-corrected chi connectivity index (χ1v) is 14.4. The Morgan fingerprint density at radius 3 is 2.31 bits per heavy atom. The van der Waals surface area contributed by atoms with E-state index < -0.39 is 0 Å². The molecule has 39 heavy (non-hydrogen) atoms. The standard InChI is InChI=1S/C31H30N4O2S2/c1-5-32-25-17-16-24(21(3)36)18-26(25)33-31-35(19-22-12-8-6-9-13-22)29(37)28(39-31)30-34(4)20(2)27(38-30)23-14-10-7-11-15-23/h6-18,32H,5,19H2,1-4H3/b30-28-,33-31?. The highest BCUT2D eigenvalue weighted by molar-refractivity contribution is 8.20. The van der Waals surface area contributed by atoms with Crippen LogP contribution in [0.5, 0.6) is 0 Å². The molecule has 2 aliphatic rings. The maximum Gasteiger partial charge on any atom is 0.269 e. The predicted molar refractivity (Wildman–Crippen MR) is 164 cm³/mol. The lowest BCUT2D eigenvalue weighted by atomic mass is 10.1. The van der Waals surface area contributed by atoms with Gasteiger partial charge in [-0.2, -0.15) is 0 Å². The number of amidine groups is 1. The topological polar surface area (TPSA) is 65.0 Å². The molecular formula is C31H30N4O2S2. The molecule has 198 valence electrons. The molecule has 0 saturated carbocycles. The number of anilines is 1. The molecule has 1 N–H and O–H groups in total. The van der Waals surface area contributed by atoms with Crippen LogP contribution in [0.1, 0.15) is 42.3 Å². The van der Waals surface area contributed by atoms with Crippen LogP contribution in [0, 0.1) is 0 Å². The van der Waals surface area contributed by atoms with E-state index in [0.29, 0.717) is 34.4 Å². The third-order valence-corrected chi connectivity index (χ3v) is 9.20. The van der Waals surface area contributed by atoms with Gasteiger partial charge in [0.05, 0.1) is 22.9 Å². The van der Waals surface area contributed by atoms with Gasteiger partial charge in [0.1, 0.15) is 4.91 Å². The number of thioether (sulfide) groups is 2. The van der Waals surface area contributed by atoms with Gasteiger partial charge in [-0.1, -0.05) is 72.4 Å². The average molecular weight is 555 g/mol. The van der Waals surface area contributed by atoms with E-state index in [9.17, 15) is 9.59 Å². The molecule has 2 heterocycles. The van der Waals surface area contributed by atoms with E-state index >= 15 is 0 Å². The largest absolute Gasteiger partial charge is 0.384 e. The Morgan fingerprint density at radius 1 is 0.949 bits per heavy atom. The second kappa shape index (κ2) is 11.6. The number of benzene rings is 3. The van der Waals surface area contributed by atoms with Gasteiger partial charge in [0.25, 0.3) is 5.91 Å². The summed E-state index contributed by atoms with van der Waals surface area (Å²) in [6.45, 7) is 6.75. The Hall–Kier alpha value is -3.75. The van der Waals surface area contributed by atoms with E-state index in [1.165, 1.54) is 11.8 Å². The number of rotatable bonds is 7. The number of nitrogens with zero attached hydrogens (tertiary/aromatic N) is 3. The van der Waals surface area contributed by atoms with Crippen LogP contribution in [0.3, 0.4) is 0 Å². The van der Waals surface area contributed by atoms with Crippen LogP contribution >= 0.6 is 23.5 Å². The first kappa shape index (κ1) is 26.8. The van der Waals surface area contributed by atoms with Crippen LogP contribution in [0.25, 0.3) is 4.91 Å². The Bertz CT molecular complexity index is 1510. The number of hydrogen-bond acceptors (Lipinski definition) is 7. The summed E-state index contributed by atoms with van der Waals surface area (Å²) >= 11 is 3.01. The molecule has 0 aromatic heterocycles. The van der Waals surface area contributed by atoms with Gasteiger partial charge >= 0.3 is 0 Å². The Kier molecular flexibility index (Phi) is 7.95. The summed E-state index contributed by atoms with van der Waals surface area (Å²) in [7, 11) is 2.00. The van der Waals surface area contributed by atoms with E-state index in [2.05, 4.69) is 29.3 Å². The lowest BCUT2D eigenvalue weighted by Crippen LogP contribution is -2.29. The van der Waals surface area contributed by atoms with Gasteiger partial charge in [-0.25, -0.2) is 4.99 Å². The highest BCUT2D eigenvalue weighted by Gasteiger charge is 2.39. The molecule has 8 heteroatoms. The highest BCUT2D eigenvalue weighted by atomic mass is 32.2. The SMILES string of the molecule is CCNc1ccc(C(C)=O)cc1N=C1S/C(=C2\SC(c3ccccc3)=C(C)N2C)C(=O)N1Cc1ccccc1. The number of Topliss-reactive ketones (excluding diaryl/α,β-unsaturated/α-hetero) is 1. The van der Waals surface area contributed by atoms with Crippen molar-refractivity contribution in [1.29, 1.82) is 0 Å². The zero-order valence-electron chi connectivity index (χ0n) is 22.4. The second-order valence-electron chi connectivity index (χ2n) is 9.27. The molecular weight excluding hydrogens is 525 g/mol. The Balaban J connectivity index is 1.58. The number of amides is 1. The van der Waals surface area contributed by atoms with E-state index in [1.807, 2.05) is 68.6 Å². The number of nitrogens with one attached hydrogen (secondary N) is 1. The van der Waals surface area contributed by atoms with Gasteiger partial charge in [-0.15, -0.1) is 0 Å². The van der Waals surface area contributed by atoms with E-state index in [4.69, 9.17) is 4.99 Å². The molecule has 1 amide bonds. The maximum absolute atomic E-state index is 14.0. The van der Waals surface area contributed by atoms with E-state index in [-0.39, 0.29) is 11.7 Å². The molecule has 0 bridgehead atoms.